The largest absolute Gasteiger partial charge is 0.316 e. The van der Waals surface area contributed by atoms with Crippen molar-refractivity contribution in [2.24, 2.45) is 5.41 Å². The lowest BCUT2D eigenvalue weighted by Gasteiger charge is -2.18. The zero-order valence-electron chi connectivity index (χ0n) is 12.8. The fourth-order valence-electron chi connectivity index (χ4n) is 1.77. The molecule has 0 aliphatic heterocycles. The molecule has 0 atom stereocenters. The maximum atomic E-state index is 14.3. The van der Waals surface area contributed by atoms with Crippen molar-refractivity contribution in [1.29, 1.82) is 0 Å². The van der Waals surface area contributed by atoms with Gasteiger partial charge in [-0.1, -0.05) is 32.4 Å². The first-order valence-electron chi connectivity index (χ1n) is 6.69. The molecule has 1 aromatic rings. The molecule has 0 radical (unpaired) electrons. The molecule has 0 aliphatic rings. The number of halogens is 2. The third-order valence-corrected chi connectivity index (χ3v) is 4.58. The molecule has 0 unspecified atom stereocenters. The maximum absolute atomic E-state index is 14.3. The normalized spacial score (nSPS) is 12.7. The maximum Gasteiger partial charge on any atom is 0.243 e. The van der Waals surface area contributed by atoms with Crippen LogP contribution in [0.2, 0.25) is 5.02 Å². The predicted octanol–water partition coefficient (Wildman–Crippen LogP) is 2.91. The Hall–Kier alpha value is -0.690. The van der Waals surface area contributed by atoms with Gasteiger partial charge in [0.1, 0.15) is 10.7 Å². The Morgan fingerprint density at radius 1 is 1.29 bits per heavy atom. The van der Waals surface area contributed by atoms with Gasteiger partial charge >= 0.3 is 0 Å². The average molecular weight is 337 g/mol. The molecule has 0 saturated carbocycles. The summed E-state index contributed by atoms with van der Waals surface area (Å²) >= 11 is 5.88. The lowest BCUT2D eigenvalue weighted by Crippen LogP contribution is -2.28. The highest BCUT2D eigenvalue weighted by atomic mass is 35.5. The van der Waals surface area contributed by atoms with E-state index >= 15 is 0 Å². The zero-order chi connectivity index (χ0) is 16.3. The van der Waals surface area contributed by atoms with Crippen LogP contribution in [-0.4, -0.2) is 22.0 Å². The molecule has 2 N–H and O–H groups in total. The summed E-state index contributed by atoms with van der Waals surface area (Å²) in [6.07, 6.45) is 0.651. The summed E-state index contributed by atoms with van der Waals surface area (Å²) < 4.78 is 41.1. The summed E-state index contributed by atoms with van der Waals surface area (Å²) in [5, 5.41) is 2.97. The summed E-state index contributed by atoms with van der Waals surface area (Å²) in [6.45, 7) is 6.47. The van der Waals surface area contributed by atoms with E-state index in [1.165, 1.54) is 6.07 Å². The molecule has 0 spiro atoms. The van der Waals surface area contributed by atoms with Crippen LogP contribution in [0.4, 0.5) is 4.39 Å². The lowest BCUT2D eigenvalue weighted by molar-refractivity contribution is 0.378. The zero-order valence-corrected chi connectivity index (χ0v) is 14.3. The van der Waals surface area contributed by atoms with Crippen LogP contribution in [-0.2, 0) is 16.6 Å². The standard InChI is InChI=1S/C14H22ClFN2O2S/c1-14(2,3)5-6-18-21(19,20)12-8-11(15)7-10(9-17-4)13(12)16/h7-8,17-18H,5-6,9H2,1-4H3. The van der Waals surface area contributed by atoms with Gasteiger partial charge in [0, 0.05) is 23.7 Å². The van der Waals surface area contributed by atoms with Crippen molar-refractivity contribution < 1.29 is 12.8 Å². The molecule has 0 saturated heterocycles. The summed E-state index contributed by atoms with van der Waals surface area (Å²) in [5.74, 6) is -0.767. The number of benzene rings is 1. The van der Waals surface area contributed by atoms with E-state index in [4.69, 9.17) is 11.6 Å². The fraction of sp³-hybridized carbons (Fsp3) is 0.571. The van der Waals surface area contributed by atoms with Gasteiger partial charge in [-0.05, 0) is 31.0 Å². The van der Waals surface area contributed by atoms with Crippen LogP contribution in [0.3, 0.4) is 0 Å². The lowest BCUT2D eigenvalue weighted by atomic mass is 9.93. The molecule has 7 heteroatoms. The van der Waals surface area contributed by atoms with Gasteiger partial charge in [0.25, 0.3) is 0 Å². The molecule has 4 nitrogen and oxygen atoms in total. The van der Waals surface area contributed by atoms with Gasteiger partial charge < -0.3 is 5.32 Å². The van der Waals surface area contributed by atoms with Crippen molar-refractivity contribution in [2.45, 2.75) is 38.6 Å². The van der Waals surface area contributed by atoms with E-state index in [9.17, 15) is 12.8 Å². The third kappa shape index (κ3) is 5.54. The molecule has 0 aromatic heterocycles. The summed E-state index contributed by atoms with van der Waals surface area (Å²) in [5.41, 5.74) is 0.216. The molecule has 21 heavy (non-hydrogen) atoms. The minimum Gasteiger partial charge on any atom is -0.316 e. The molecular weight excluding hydrogens is 315 g/mol. The van der Waals surface area contributed by atoms with Crippen LogP contribution in [0.25, 0.3) is 0 Å². The average Bonchev–Trinajstić information content (AvgIpc) is 2.31. The van der Waals surface area contributed by atoms with Crippen molar-refractivity contribution in [2.75, 3.05) is 13.6 Å². The molecule has 0 fully saturated rings. The second-order valence-corrected chi connectivity index (χ2v) is 8.29. The van der Waals surface area contributed by atoms with Crippen LogP contribution in [0.1, 0.15) is 32.8 Å². The van der Waals surface area contributed by atoms with E-state index in [-0.39, 0.29) is 29.1 Å². The second-order valence-electron chi connectivity index (χ2n) is 6.12. The Labute approximate surface area is 131 Å². The summed E-state index contributed by atoms with van der Waals surface area (Å²) in [4.78, 5) is -0.408. The van der Waals surface area contributed by atoms with Crippen molar-refractivity contribution in [3.8, 4) is 0 Å². The van der Waals surface area contributed by atoms with Crippen molar-refractivity contribution in [1.82, 2.24) is 10.0 Å². The van der Waals surface area contributed by atoms with Gasteiger partial charge in [0.2, 0.25) is 10.0 Å². The van der Waals surface area contributed by atoms with E-state index < -0.39 is 20.7 Å². The first kappa shape index (κ1) is 18.4. The molecule has 0 amide bonds. The molecule has 0 aliphatic carbocycles. The molecule has 1 rings (SSSR count). The third-order valence-electron chi connectivity index (χ3n) is 2.90. The molecule has 0 heterocycles. The van der Waals surface area contributed by atoms with Crippen molar-refractivity contribution in [3.05, 3.63) is 28.5 Å². The number of nitrogens with one attached hydrogen (secondary N) is 2. The molecule has 1 aromatic carbocycles. The van der Waals surface area contributed by atoms with E-state index in [1.54, 1.807) is 7.05 Å². The second kappa shape index (κ2) is 7.05. The van der Waals surface area contributed by atoms with E-state index in [2.05, 4.69) is 10.0 Å². The van der Waals surface area contributed by atoms with Crippen LogP contribution in [0, 0.1) is 11.2 Å². The predicted molar refractivity (Wildman–Crippen MR) is 83.4 cm³/mol. The highest BCUT2D eigenvalue weighted by Gasteiger charge is 2.22. The monoisotopic (exact) mass is 336 g/mol. The Kier molecular flexibility index (Phi) is 6.16. The Bertz CT molecular complexity index is 598. The number of rotatable bonds is 6. The fourth-order valence-corrected chi connectivity index (χ4v) is 3.25. The van der Waals surface area contributed by atoms with Crippen LogP contribution in [0.15, 0.2) is 17.0 Å². The molecule has 120 valence electrons. The number of sulfonamides is 1. The Morgan fingerprint density at radius 3 is 2.43 bits per heavy atom. The van der Waals surface area contributed by atoms with E-state index in [0.717, 1.165) is 6.07 Å². The molecule has 0 bridgehead atoms. The quantitative estimate of drug-likeness (QED) is 0.839. The Balaban J connectivity index is 3.03. The SMILES string of the molecule is CNCc1cc(Cl)cc(S(=O)(=O)NCCC(C)(C)C)c1F. The van der Waals surface area contributed by atoms with Crippen molar-refractivity contribution >= 4 is 21.6 Å². The van der Waals surface area contributed by atoms with E-state index in [0.29, 0.717) is 6.42 Å². The minimum absolute atomic E-state index is 0.00725. The first-order valence-corrected chi connectivity index (χ1v) is 8.55. The smallest absolute Gasteiger partial charge is 0.243 e. The summed E-state index contributed by atoms with van der Waals surface area (Å²) in [6, 6.07) is 2.55. The van der Waals surface area contributed by atoms with Crippen LogP contribution >= 0.6 is 11.6 Å². The van der Waals surface area contributed by atoms with Gasteiger partial charge in [-0.25, -0.2) is 17.5 Å². The first-order chi connectivity index (χ1) is 9.57. The van der Waals surface area contributed by atoms with Gasteiger partial charge in [0.15, 0.2) is 0 Å². The topological polar surface area (TPSA) is 58.2 Å². The highest BCUT2D eigenvalue weighted by molar-refractivity contribution is 7.89. The number of hydrogen-bond acceptors (Lipinski definition) is 3. The van der Waals surface area contributed by atoms with Gasteiger partial charge in [0.05, 0.1) is 0 Å². The molecular formula is C14H22ClFN2O2S. The van der Waals surface area contributed by atoms with Crippen LogP contribution < -0.4 is 10.0 Å². The Morgan fingerprint density at radius 2 is 1.90 bits per heavy atom. The summed E-state index contributed by atoms with van der Waals surface area (Å²) in [7, 11) is -2.27. The highest BCUT2D eigenvalue weighted by Crippen LogP contribution is 2.24. The van der Waals surface area contributed by atoms with E-state index in [1.807, 2.05) is 20.8 Å². The van der Waals surface area contributed by atoms with Gasteiger partial charge in [-0.3, -0.25) is 0 Å². The minimum atomic E-state index is -3.91. The van der Waals surface area contributed by atoms with Gasteiger partial charge in [-0.15, -0.1) is 0 Å². The van der Waals surface area contributed by atoms with Crippen LogP contribution in [0.5, 0.6) is 0 Å². The van der Waals surface area contributed by atoms with Gasteiger partial charge in [-0.2, -0.15) is 0 Å². The van der Waals surface area contributed by atoms with Crippen molar-refractivity contribution in [3.63, 3.8) is 0 Å². The number of hydrogen-bond donors (Lipinski definition) is 2.